The Labute approximate surface area is 99.1 Å². The highest BCUT2D eigenvalue weighted by Crippen LogP contribution is 2.29. The van der Waals surface area contributed by atoms with Crippen LogP contribution in [-0.4, -0.2) is 21.1 Å². The van der Waals surface area contributed by atoms with E-state index in [0.717, 1.165) is 16.8 Å². The molecule has 4 heteroatoms. The number of nitrogens with zero attached hydrogens (tertiary/aromatic N) is 2. The quantitative estimate of drug-likeness (QED) is 0.812. The van der Waals surface area contributed by atoms with Gasteiger partial charge in [-0.05, 0) is 25.3 Å². The molecule has 0 atom stereocenters. The molecule has 1 N–H and O–H groups in total. The highest BCUT2D eigenvalue weighted by atomic mass is 32.2. The third-order valence-electron chi connectivity index (χ3n) is 2.61. The molecule has 0 saturated carbocycles. The molecule has 0 bridgehead atoms. The number of hydrogen-bond acceptors (Lipinski definition) is 3. The van der Waals surface area contributed by atoms with Crippen molar-refractivity contribution >= 4 is 11.8 Å². The van der Waals surface area contributed by atoms with Crippen LogP contribution in [-0.2, 0) is 7.05 Å². The molecular weight excluding hydrogens is 220 g/mol. The Hall–Kier alpha value is -1.42. The number of hydrogen-bond donors (Lipinski definition) is 1. The van der Waals surface area contributed by atoms with Gasteiger partial charge in [-0.2, -0.15) is 5.10 Å². The van der Waals surface area contributed by atoms with E-state index < -0.39 is 0 Å². The summed E-state index contributed by atoms with van der Waals surface area (Å²) >= 11 is 1.71. The van der Waals surface area contributed by atoms with Crippen molar-refractivity contribution in [2.75, 3.05) is 6.26 Å². The fourth-order valence-electron chi connectivity index (χ4n) is 1.64. The normalized spacial score (nSPS) is 10.7. The van der Waals surface area contributed by atoms with Gasteiger partial charge in [0.15, 0.2) is 0 Å². The minimum absolute atomic E-state index is 0.226. The van der Waals surface area contributed by atoms with Crippen LogP contribution in [0.2, 0.25) is 0 Å². The number of benzene rings is 1. The Morgan fingerprint density at radius 2 is 1.88 bits per heavy atom. The molecule has 84 valence electrons. The van der Waals surface area contributed by atoms with Gasteiger partial charge >= 0.3 is 0 Å². The van der Waals surface area contributed by atoms with Crippen LogP contribution in [0.25, 0.3) is 11.3 Å². The van der Waals surface area contributed by atoms with Gasteiger partial charge in [-0.15, -0.1) is 11.8 Å². The molecule has 0 unspecified atom stereocenters. The van der Waals surface area contributed by atoms with Crippen molar-refractivity contribution in [2.45, 2.75) is 11.8 Å². The molecule has 1 aromatic heterocycles. The first-order valence-corrected chi connectivity index (χ1v) is 6.23. The first-order valence-electron chi connectivity index (χ1n) is 5.00. The van der Waals surface area contributed by atoms with E-state index in [1.54, 1.807) is 18.8 Å². The summed E-state index contributed by atoms with van der Waals surface area (Å²) in [6.07, 6.45) is 2.05. The number of aromatic nitrogens is 2. The van der Waals surface area contributed by atoms with Gasteiger partial charge in [0, 0.05) is 23.1 Å². The summed E-state index contributed by atoms with van der Waals surface area (Å²) in [5.41, 5.74) is 2.69. The van der Waals surface area contributed by atoms with E-state index in [9.17, 15) is 5.11 Å². The van der Waals surface area contributed by atoms with E-state index in [-0.39, 0.29) is 5.88 Å². The zero-order valence-electron chi connectivity index (χ0n) is 9.56. The second kappa shape index (κ2) is 4.22. The van der Waals surface area contributed by atoms with Crippen LogP contribution >= 0.6 is 11.8 Å². The maximum Gasteiger partial charge on any atom is 0.212 e. The molecule has 0 aliphatic carbocycles. The smallest absolute Gasteiger partial charge is 0.212 e. The minimum atomic E-state index is 0.226. The summed E-state index contributed by atoms with van der Waals surface area (Å²) in [7, 11) is 1.74. The Balaban J connectivity index is 2.46. The first kappa shape index (κ1) is 11.1. The molecule has 0 spiro atoms. The lowest BCUT2D eigenvalue weighted by molar-refractivity contribution is 0.416. The molecule has 1 aromatic carbocycles. The van der Waals surface area contributed by atoms with Gasteiger partial charge in [0.05, 0.1) is 5.69 Å². The molecule has 2 aromatic rings. The van der Waals surface area contributed by atoms with Crippen LogP contribution in [0.3, 0.4) is 0 Å². The van der Waals surface area contributed by atoms with Crippen molar-refractivity contribution in [2.24, 2.45) is 7.05 Å². The Kier molecular flexibility index (Phi) is 2.92. The highest BCUT2D eigenvalue weighted by Gasteiger charge is 2.12. The lowest BCUT2D eigenvalue weighted by Gasteiger charge is -2.00. The second-order valence-electron chi connectivity index (χ2n) is 3.65. The van der Waals surface area contributed by atoms with Gasteiger partial charge in [0.2, 0.25) is 5.88 Å². The van der Waals surface area contributed by atoms with Gasteiger partial charge in [-0.1, -0.05) is 12.1 Å². The molecule has 2 rings (SSSR count). The molecule has 0 aliphatic heterocycles. The Bertz CT molecular complexity index is 502. The predicted molar refractivity (Wildman–Crippen MR) is 66.8 cm³/mol. The summed E-state index contributed by atoms with van der Waals surface area (Å²) in [5, 5.41) is 14.0. The maximum atomic E-state index is 9.69. The topological polar surface area (TPSA) is 38.0 Å². The standard InChI is InChI=1S/C12H14N2OS/c1-8-11(13-14(2)12(8)15)9-4-6-10(16-3)7-5-9/h4-7,15H,1-3H3. The molecule has 0 amide bonds. The van der Waals surface area contributed by atoms with Crippen LogP contribution in [0.1, 0.15) is 5.56 Å². The lowest BCUT2D eigenvalue weighted by atomic mass is 10.1. The van der Waals surface area contributed by atoms with Gasteiger partial charge in [-0.3, -0.25) is 0 Å². The van der Waals surface area contributed by atoms with E-state index in [2.05, 4.69) is 17.2 Å². The summed E-state index contributed by atoms with van der Waals surface area (Å²) in [4.78, 5) is 1.22. The van der Waals surface area contributed by atoms with Crippen LogP contribution in [0.4, 0.5) is 0 Å². The number of thioether (sulfide) groups is 1. The summed E-state index contributed by atoms with van der Waals surface area (Å²) in [5.74, 6) is 0.226. The third-order valence-corrected chi connectivity index (χ3v) is 3.35. The number of aryl methyl sites for hydroxylation is 1. The predicted octanol–water partition coefficient (Wildman–Crippen LogP) is 2.82. The Morgan fingerprint density at radius 3 is 2.31 bits per heavy atom. The monoisotopic (exact) mass is 234 g/mol. The van der Waals surface area contributed by atoms with Crippen molar-refractivity contribution in [3.63, 3.8) is 0 Å². The molecular formula is C12H14N2OS. The fourth-order valence-corrected chi connectivity index (χ4v) is 2.05. The van der Waals surface area contributed by atoms with Crippen LogP contribution in [0, 0.1) is 6.92 Å². The molecule has 16 heavy (non-hydrogen) atoms. The van der Waals surface area contributed by atoms with Crippen molar-refractivity contribution < 1.29 is 5.11 Å². The molecule has 0 aliphatic rings. The molecule has 1 heterocycles. The van der Waals surface area contributed by atoms with E-state index in [4.69, 9.17) is 0 Å². The largest absolute Gasteiger partial charge is 0.493 e. The zero-order valence-corrected chi connectivity index (χ0v) is 10.4. The lowest BCUT2D eigenvalue weighted by Crippen LogP contribution is -1.89. The average molecular weight is 234 g/mol. The first-order chi connectivity index (χ1) is 7.63. The zero-order chi connectivity index (χ0) is 11.7. The average Bonchev–Trinajstić information content (AvgIpc) is 2.57. The van der Waals surface area contributed by atoms with E-state index in [1.807, 2.05) is 25.3 Å². The highest BCUT2D eigenvalue weighted by molar-refractivity contribution is 7.98. The van der Waals surface area contributed by atoms with Gasteiger partial charge in [0.25, 0.3) is 0 Å². The van der Waals surface area contributed by atoms with Gasteiger partial charge in [0.1, 0.15) is 0 Å². The van der Waals surface area contributed by atoms with E-state index in [0.29, 0.717) is 0 Å². The van der Waals surface area contributed by atoms with Crippen molar-refractivity contribution in [3.05, 3.63) is 29.8 Å². The van der Waals surface area contributed by atoms with Crippen LogP contribution in [0.15, 0.2) is 29.2 Å². The molecule has 0 fully saturated rings. The third kappa shape index (κ3) is 1.80. The SMILES string of the molecule is CSc1ccc(-c2nn(C)c(O)c2C)cc1. The maximum absolute atomic E-state index is 9.69. The second-order valence-corrected chi connectivity index (χ2v) is 4.53. The van der Waals surface area contributed by atoms with E-state index in [1.165, 1.54) is 9.58 Å². The number of rotatable bonds is 2. The van der Waals surface area contributed by atoms with Crippen LogP contribution < -0.4 is 0 Å². The molecule has 3 nitrogen and oxygen atoms in total. The fraction of sp³-hybridized carbons (Fsp3) is 0.250. The molecule has 0 saturated heterocycles. The van der Waals surface area contributed by atoms with Crippen molar-refractivity contribution in [1.82, 2.24) is 9.78 Å². The minimum Gasteiger partial charge on any atom is -0.493 e. The van der Waals surface area contributed by atoms with Gasteiger partial charge in [-0.25, -0.2) is 4.68 Å². The van der Waals surface area contributed by atoms with Crippen LogP contribution in [0.5, 0.6) is 5.88 Å². The van der Waals surface area contributed by atoms with E-state index >= 15 is 0 Å². The van der Waals surface area contributed by atoms with Crippen molar-refractivity contribution in [3.8, 4) is 17.1 Å². The summed E-state index contributed by atoms with van der Waals surface area (Å²) in [6, 6.07) is 8.18. The Morgan fingerprint density at radius 1 is 1.25 bits per heavy atom. The summed E-state index contributed by atoms with van der Waals surface area (Å²) in [6.45, 7) is 1.88. The van der Waals surface area contributed by atoms with Crippen molar-refractivity contribution in [1.29, 1.82) is 0 Å². The summed E-state index contributed by atoms with van der Waals surface area (Å²) < 4.78 is 1.49. The van der Waals surface area contributed by atoms with Gasteiger partial charge < -0.3 is 5.11 Å². The molecule has 0 radical (unpaired) electrons. The number of aromatic hydroxyl groups is 1.